The van der Waals surface area contributed by atoms with E-state index in [1.54, 1.807) is 11.6 Å². The van der Waals surface area contributed by atoms with Crippen molar-refractivity contribution in [2.75, 3.05) is 5.75 Å². The van der Waals surface area contributed by atoms with Gasteiger partial charge in [-0.1, -0.05) is 35.0 Å². The maximum absolute atomic E-state index is 12.8. The van der Waals surface area contributed by atoms with Crippen LogP contribution in [0.3, 0.4) is 0 Å². The first kappa shape index (κ1) is 14.8. The van der Waals surface area contributed by atoms with Crippen LogP contribution in [0.5, 0.6) is 0 Å². The average molecular weight is 301 g/mol. The zero-order valence-corrected chi connectivity index (χ0v) is 11.8. The van der Waals surface area contributed by atoms with Crippen molar-refractivity contribution >= 4 is 35.0 Å². The van der Waals surface area contributed by atoms with Crippen molar-refractivity contribution < 1.29 is 8.78 Å². The summed E-state index contributed by atoms with van der Waals surface area (Å²) in [6.07, 6.45) is 0.626. The van der Waals surface area contributed by atoms with Gasteiger partial charge in [-0.25, -0.2) is 13.8 Å². The van der Waals surface area contributed by atoms with Crippen molar-refractivity contribution in [1.82, 2.24) is 9.55 Å². The van der Waals surface area contributed by atoms with E-state index in [2.05, 4.69) is 4.98 Å². The Balaban J connectivity index is 2.42. The van der Waals surface area contributed by atoms with E-state index in [-0.39, 0.29) is 11.6 Å². The molecule has 96 valence electrons. The van der Waals surface area contributed by atoms with Crippen LogP contribution in [-0.2, 0) is 7.05 Å². The second-order valence-electron chi connectivity index (χ2n) is 3.43. The van der Waals surface area contributed by atoms with Crippen molar-refractivity contribution in [3.05, 3.63) is 22.0 Å². The Bertz CT molecular complexity index is 428. The second kappa shape index (κ2) is 6.61. The van der Waals surface area contributed by atoms with E-state index in [4.69, 9.17) is 23.2 Å². The number of halogens is 4. The molecular formula is C10H12Cl2F2N2S. The first-order valence-corrected chi connectivity index (χ1v) is 6.69. The molecule has 0 saturated heterocycles. The van der Waals surface area contributed by atoms with E-state index in [1.807, 2.05) is 0 Å². The second-order valence-corrected chi connectivity index (χ2v) is 5.20. The van der Waals surface area contributed by atoms with Crippen molar-refractivity contribution in [3.63, 3.8) is 0 Å². The minimum absolute atomic E-state index is 0.0984. The topological polar surface area (TPSA) is 17.8 Å². The molecule has 0 fully saturated rings. The van der Waals surface area contributed by atoms with Gasteiger partial charge < -0.3 is 4.57 Å². The lowest BCUT2D eigenvalue weighted by Gasteiger charge is -2.01. The Morgan fingerprint density at radius 3 is 2.53 bits per heavy atom. The molecule has 1 heterocycles. The molecule has 0 aliphatic heterocycles. The third kappa shape index (κ3) is 4.16. The Morgan fingerprint density at radius 1 is 1.41 bits per heavy atom. The molecule has 1 rings (SSSR count). The summed E-state index contributed by atoms with van der Waals surface area (Å²) in [4.78, 5) is 4.04. The van der Waals surface area contributed by atoms with Crippen LogP contribution in [0.25, 0.3) is 0 Å². The highest BCUT2D eigenvalue weighted by Crippen LogP contribution is 2.28. The molecule has 2 nitrogen and oxygen atoms in total. The predicted octanol–water partition coefficient (Wildman–Crippen LogP) is 4.77. The highest BCUT2D eigenvalue weighted by Gasteiger charge is 2.11. The summed E-state index contributed by atoms with van der Waals surface area (Å²) in [7, 11) is 1.75. The Kier molecular flexibility index (Phi) is 5.76. The number of aromatic nitrogens is 2. The molecule has 17 heavy (non-hydrogen) atoms. The molecule has 1 aromatic heterocycles. The fourth-order valence-electron chi connectivity index (χ4n) is 1.12. The van der Waals surface area contributed by atoms with Crippen LogP contribution in [0, 0.1) is 0 Å². The van der Waals surface area contributed by atoms with E-state index < -0.39 is 11.7 Å². The largest absolute Gasteiger partial charge is 0.312 e. The van der Waals surface area contributed by atoms with Crippen molar-refractivity contribution in [3.8, 4) is 0 Å². The van der Waals surface area contributed by atoms with Crippen LogP contribution in [0.15, 0.2) is 16.8 Å². The number of imidazole rings is 1. The molecule has 0 bridgehead atoms. The zero-order chi connectivity index (χ0) is 13.0. The fourth-order valence-corrected chi connectivity index (χ4v) is 2.46. The number of nitrogens with zero attached hydrogens (tertiary/aromatic N) is 2. The van der Waals surface area contributed by atoms with E-state index in [1.165, 1.54) is 11.8 Å². The molecule has 0 aliphatic rings. The molecule has 0 aromatic carbocycles. The minimum Gasteiger partial charge on any atom is -0.312 e. The first-order chi connectivity index (χ1) is 7.93. The Morgan fingerprint density at radius 2 is 2.06 bits per heavy atom. The molecule has 0 unspecified atom stereocenters. The van der Waals surface area contributed by atoms with Crippen LogP contribution in [0.2, 0.25) is 10.3 Å². The van der Waals surface area contributed by atoms with E-state index >= 15 is 0 Å². The molecule has 0 atom stereocenters. The van der Waals surface area contributed by atoms with Crippen LogP contribution >= 0.6 is 35.0 Å². The molecule has 0 radical (unpaired) electrons. The highest BCUT2D eigenvalue weighted by molar-refractivity contribution is 7.99. The number of hydrogen-bond acceptors (Lipinski definition) is 2. The summed E-state index contributed by atoms with van der Waals surface area (Å²) >= 11 is 13.0. The zero-order valence-electron chi connectivity index (χ0n) is 9.44. The Hall–Kier alpha value is -0.260. The van der Waals surface area contributed by atoms with Gasteiger partial charge in [0.25, 0.3) is 0 Å². The molecule has 0 amide bonds. The third-order valence-electron chi connectivity index (χ3n) is 2.09. The SMILES string of the molecule is C/C(F)=C(\F)CCCSc1nc(Cl)c(Cl)n1C. The summed E-state index contributed by atoms with van der Waals surface area (Å²) < 4.78 is 26.9. The summed E-state index contributed by atoms with van der Waals surface area (Å²) in [5, 5.41) is 1.29. The lowest BCUT2D eigenvalue weighted by molar-refractivity contribution is 0.507. The lowest BCUT2D eigenvalue weighted by atomic mass is 10.3. The monoisotopic (exact) mass is 300 g/mol. The van der Waals surface area contributed by atoms with Crippen LogP contribution < -0.4 is 0 Å². The van der Waals surface area contributed by atoms with Gasteiger partial charge in [0.05, 0.1) is 0 Å². The van der Waals surface area contributed by atoms with Gasteiger partial charge in [-0.15, -0.1) is 0 Å². The quantitative estimate of drug-likeness (QED) is 0.576. The summed E-state index contributed by atoms with van der Waals surface area (Å²) in [5.41, 5.74) is 0. The van der Waals surface area contributed by atoms with Gasteiger partial charge in [-0.2, -0.15) is 0 Å². The predicted molar refractivity (Wildman–Crippen MR) is 68.1 cm³/mol. The van der Waals surface area contributed by atoms with Crippen LogP contribution in [-0.4, -0.2) is 15.3 Å². The van der Waals surface area contributed by atoms with Crippen LogP contribution in [0.1, 0.15) is 19.8 Å². The number of hydrogen-bond donors (Lipinski definition) is 0. The van der Waals surface area contributed by atoms with Gasteiger partial charge >= 0.3 is 0 Å². The summed E-state index contributed by atoms with van der Waals surface area (Å²) in [6.45, 7) is 1.11. The first-order valence-electron chi connectivity index (χ1n) is 4.94. The standard InChI is InChI=1S/C10H12Cl2F2N2S/c1-6(13)7(14)4-3-5-17-10-15-8(11)9(12)16(10)2/h3-5H2,1-2H3/b7-6+. The molecule has 0 saturated carbocycles. The number of rotatable bonds is 5. The number of thioether (sulfide) groups is 1. The molecular weight excluding hydrogens is 289 g/mol. The van der Waals surface area contributed by atoms with E-state index in [9.17, 15) is 8.78 Å². The molecule has 1 aromatic rings. The lowest BCUT2D eigenvalue weighted by Crippen LogP contribution is -1.92. The van der Waals surface area contributed by atoms with Crippen molar-refractivity contribution in [1.29, 1.82) is 0 Å². The van der Waals surface area contributed by atoms with Crippen molar-refractivity contribution in [2.45, 2.75) is 24.9 Å². The molecule has 7 heteroatoms. The summed E-state index contributed by atoms with van der Waals surface area (Å²) in [6, 6.07) is 0. The highest BCUT2D eigenvalue weighted by atomic mass is 35.5. The van der Waals surface area contributed by atoms with Gasteiger partial charge in [0.15, 0.2) is 10.3 Å². The number of allylic oxidation sites excluding steroid dienone is 2. The van der Waals surface area contributed by atoms with Gasteiger partial charge in [0.2, 0.25) is 0 Å². The molecule has 0 N–H and O–H groups in total. The van der Waals surface area contributed by atoms with Gasteiger partial charge in [-0.05, 0) is 13.3 Å². The van der Waals surface area contributed by atoms with Gasteiger partial charge in [-0.3, -0.25) is 0 Å². The van der Waals surface area contributed by atoms with E-state index in [0.717, 1.165) is 6.92 Å². The average Bonchev–Trinajstić information content (AvgIpc) is 2.52. The summed E-state index contributed by atoms with van der Waals surface area (Å²) in [5.74, 6) is -0.822. The fraction of sp³-hybridized carbons (Fsp3) is 0.500. The maximum Gasteiger partial charge on any atom is 0.170 e. The normalized spacial score (nSPS) is 12.8. The molecule has 0 spiro atoms. The third-order valence-corrected chi connectivity index (χ3v) is 4.00. The Labute approximate surface area is 113 Å². The smallest absolute Gasteiger partial charge is 0.170 e. The van der Waals surface area contributed by atoms with Crippen LogP contribution in [0.4, 0.5) is 8.78 Å². The van der Waals surface area contributed by atoms with Crippen molar-refractivity contribution in [2.24, 2.45) is 7.05 Å². The minimum atomic E-state index is -0.752. The molecule has 0 aliphatic carbocycles. The maximum atomic E-state index is 12.8. The van der Waals surface area contributed by atoms with Gasteiger partial charge in [0.1, 0.15) is 16.8 Å². The van der Waals surface area contributed by atoms with E-state index in [0.29, 0.717) is 22.5 Å². The van der Waals surface area contributed by atoms with Gasteiger partial charge in [0, 0.05) is 19.2 Å².